The van der Waals surface area contributed by atoms with Crippen molar-refractivity contribution in [3.05, 3.63) is 46.3 Å². The molecule has 2 unspecified atom stereocenters. The summed E-state index contributed by atoms with van der Waals surface area (Å²) in [5.41, 5.74) is 15.4. The predicted octanol–water partition coefficient (Wildman–Crippen LogP) is 2.76. The summed E-state index contributed by atoms with van der Waals surface area (Å²) in [5, 5.41) is 6.05. The lowest BCUT2D eigenvalue weighted by Gasteiger charge is -2.40. The Hall–Kier alpha value is -3.76. The number of methoxy groups -OCH3 is 2. The molecule has 298 valence electrons. The second kappa shape index (κ2) is 21.8. The summed E-state index contributed by atoms with van der Waals surface area (Å²) < 4.78 is 39.1. The van der Waals surface area contributed by atoms with Crippen LogP contribution in [0.4, 0.5) is 0 Å². The van der Waals surface area contributed by atoms with E-state index < -0.39 is 69.9 Å². The Bertz CT molecular complexity index is 1510. The highest BCUT2D eigenvalue weighted by molar-refractivity contribution is 7.90. The number of rotatable bonds is 22. The number of carbonyl (C=O) groups is 4. The summed E-state index contributed by atoms with van der Waals surface area (Å²) in [4.78, 5) is 60.4. The number of likely N-dealkylation sites (tertiary alicyclic amines) is 1. The van der Waals surface area contributed by atoms with E-state index in [1.54, 1.807) is 54.1 Å². The molecule has 2 rings (SSSR count). The third-order valence-electron chi connectivity index (χ3n) is 10.2. The molecule has 1 aromatic carbocycles. The molecule has 0 radical (unpaired) electrons. The zero-order valence-corrected chi connectivity index (χ0v) is 33.3. The molecule has 16 nitrogen and oxygen atoms in total. The molecule has 0 aromatic heterocycles. The van der Waals surface area contributed by atoms with Crippen molar-refractivity contribution in [3.8, 4) is 0 Å². The van der Waals surface area contributed by atoms with E-state index in [9.17, 15) is 27.6 Å². The van der Waals surface area contributed by atoms with E-state index in [2.05, 4.69) is 15.3 Å². The van der Waals surface area contributed by atoms with Gasteiger partial charge < -0.3 is 30.3 Å². The fourth-order valence-corrected chi connectivity index (χ4v) is 7.89. The first-order valence-electron chi connectivity index (χ1n) is 18.3. The number of ether oxygens (including phenoxy) is 2. The highest BCUT2D eigenvalue weighted by atomic mass is 32.2. The highest BCUT2D eigenvalue weighted by Gasteiger charge is 2.43. The second-order valence-electron chi connectivity index (χ2n) is 14.2. The number of nitrogens with one attached hydrogen (secondary N) is 2. The van der Waals surface area contributed by atoms with Crippen molar-refractivity contribution in [2.24, 2.45) is 28.6 Å². The van der Waals surface area contributed by atoms with Crippen LogP contribution in [-0.4, -0.2) is 118 Å². The van der Waals surface area contributed by atoms with Crippen molar-refractivity contribution < 1.29 is 37.1 Å². The number of carbonyl (C=O) groups excluding carboxylic acids is 4. The third kappa shape index (κ3) is 13.2. The number of amides is 4. The summed E-state index contributed by atoms with van der Waals surface area (Å²) in [5.74, 6) is -3.26. The topological polar surface area (TPSA) is 226 Å². The Labute approximate surface area is 314 Å². The van der Waals surface area contributed by atoms with Crippen molar-refractivity contribution in [3.63, 3.8) is 0 Å². The Kier molecular flexibility index (Phi) is 18.7. The number of likely N-dealkylation sites (N-methyl/N-ethyl adjacent to an activating group) is 1. The molecular formula is C36H60N8O8S. The van der Waals surface area contributed by atoms with Crippen molar-refractivity contribution in [1.82, 2.24) is 19.8 Å². The van der Waals surface area contributed by atoms with Gasteiger partial charge in [-0.25, -0.2) is 8.42 Å². The average Bonchev–Trinajstić information content (AvgIpc) is 3.62. The smallest absolute Gasteiger partial charge is 0.256 e. The number of benzene rings is 1. The van der Waals surface area contributed by atoms with E-state index in [1.165, 1.54) is 14.2 Å². The summed E-state index contributed by atoms with van der Waals surface area (Å²) in [6.45, 7) is 9.82. The maximum atomic E-state index is 14.0. The first-order valence-corrected chi connectivity index (χ1v) is 19.9. The minimum atomic E-state index is -4.09. The fourth-order valence-electron chi connectivity index (χ4n) is 6.83. The van der Waals surface area contributed by atoms with E-state index in [1.807, 2.05) is 32.4 Å². The summed E-state index contributed by atoms with van der Waals surface area (Å²) in [7, 11) is 0.593. The lowest BCUT2D eigenvalue weighted by molar-refractivity contribution is -0.146. The Morgan fingerprint density at radius 3 is 2.32 bits per heavy atom. The largest absolute Gasteiger partial charge is 0.379 e. The lowest BCUT2D eigenvalue weighted by atomic mass is 9.89. The van der Waals surface area contributed by atoms with Gasteiger partial charge in [0.25, 0.3) is 5.91 Å². The zero-order chi connectivity index (χ0) is 39.9. The van der Waals surface area contributed by atoms with Crippen LogP contribution in [0.1, 0.15) is 72.3 Å². The van der Waals surface area contributed by atoms with Gasteiger partial charge in [-0.15, -0.1) is 0 Å². The van der Waals surface area contributed by atoms with Gasteiger partial charge in [-0.3, -0.25) is 23.9 Å². The summed E-state index contributed by atoms with van der Waals surface area (Å²) in [6.07, 6.45) is 0.616. The van der Waals surface area contributed by atoms with E-state index in [4.69, 9.17) is 20.7 Å². The summed E-state index contributed by atoms with van der Waals surface area (Å²) in [6, 6.07) is 6.01. The van der Waals surface area contributed by atoms with Crippen LogP contribution in [0, 0.1) is 17.8 Å². The van der Waals surface area contributed by atoms with Gasteiger partial charge in [0, 0.05) is 45.7 Å². The number of nitrogens with two attached hydrogens (primary N) is 1. The van der Waals surface area contributed by atoms with Gasteiger partial charge in [0.2, 0.25) is 27.7 Å². The third-order valence-corrected chi connectivity index (χ3v) is 11.5. The van der Waals surface area contributed by atoms with Gasteiger partial charge >= 0.3 is 0 Å². The van der Waals surface area contributed by atoms with Gasteiger partial charge in [-0.1, -0.05) is 76.5 Å². The molecule has 17 heteroatoms. The molecule has 53 heavy (non-hydrogen) atoms. The van der Waals surface area contributed by atoms with Crippen molar-refractivity contribution >= 4 is 33.7 Å². The second-order valence-corrected chi connectivity index (χ2v) is 16.0. The molecule has 1 saturated heterocycles. The van der Waals surface area contributed by atoms with Gasteiger partial charge in [0.05, 0.1) is 48.4 Å². The van der Waals surface area contributed by atoms with Crippen LogP contribution in [0.5, 0.6) is 0 Å². The van der Waals surface area contributed by atoms with Gasteiger partial charge in [0.15, 0.2) is 0 Å². The maximum Gasteiger partial charge on any atom is 0.256 e. The number of nitrogens with zero attached hydrogens (tertiary/aromatic N) is 5. The molecule has 1 aromatic rings. The molecular weight excluding hydrogens is 705 g/mol. The van der Waals surface area contributed by atoms with Crippen LogP contribution in [0.25, 0.3) is 10.4 Å². The molecule has 1 aliphatic heterocycles. The number of sulfonamides is 1. The molecule has 0 saturated carbocycles. The molecule has 4 N–H and O–H groups in total. The van der Waals surface area contributed by atoms with Crippen LogP contribution < -0.4 is 15.8 Å². The molecule has 0 spiro atoms. The first kappa shape index (κ1) is 45.4. The zero-order valence-electron chi connectivity index (χ0n) is 32.4. The molecule has 8 atom stereocenters. The SMILES string of the molecule is CC[C@H](C)C([C@@H](CC(=O)N1CCCC1[C@H](OC)[C@@H](C)C(=O)N[C@@H](Cc1ccccc1)C(=O)NS(=O)(=O)CCCN=[N+]=[N-])OC)N(C)C(=O)[C@@H](N)C(C)C. The van der Waals surface area contributed by atoms with Gasteiger partial charge in [0.1, 0.15) is 6.04 Å². The number of azide groups is 1. The van der Waals surface area contributed by atoms with E-state index in [-0.39, 0.29) is 49.5 Å². The van der Waals surface area contributed by atoms with Gasteiger partial charge in [-0.2, -0.15) is 0 Å². The minimum Gasteiger partial charge on any atom is -0.379 e. The standard InChI is InChI=1S/C36H60N8O8S/c1-9-24(4)32(43(6)36(48)31(37)23(2)3)29(51-7)22-30(45)44-19-13-17-28(44)33(52-8)25(5)34(46)40-27(21-26-15-11-10-12-16-26)35(47)41-53(49,50)20-14-18-39-42-38/h10-12,15-16,23-25,27-29,31-33H,9,13-14,17-22,37H2,1-8H3,(H,40,46)(H,41,47)/t24-,25+,27-,28?,29+,31-,32?,33+/m0/s1. The predicted molar refractivity (Wildman–Crippen MR) is 202 cm³/mol. The Morgan fingerprint density at radius 1 is 1.09 bits per heavy atom. The molecule has 4 amide bonds. The average molecular weight is 765 g/mol. The minimum absolute atomic E-state index is 0.000349. The van der Waals surface area contributed by atoms with E-state index in [0.29, 0.717) is 24.9 Å². The van der Waals surface area contributed by atoms with Crippen molar-refractivity contribution in [1.29, 1.82) is 0 Å². The van der Waals surface area contributed by atoms with Crippen molar-refractivity contribution in [2.75, 3.05) is 40.1 Å². The normalized spacial score (nSPS) is 18.5. The lowest BCUT2D eigenvalue weighted by Crippen LogP contribution is -2.56. The Morgan fingerprint density at radius 2 is 1.75 bits per heavy atom. The Balaban J connectivity index is 2.27. The van der Waals surface area contributed by atoms with E-state index in [0.717, 1.165) is 6.42 Å². The highest BCUT2D eigenvalue weighted by Crippen LogP contribution is 2.29. The van der Waals surface area contributed by atoms with Crippen LogP contribution in [0.2, 0.25) is 0 Å². The number of hydrogen-bond acceptors (Lipinski definition) is 10. The molecule has 1 heterocycles. The molecule has 0 aliphatic carbocycles. The molecule has 1 fully saturated rings. The van der Waals surface area contributed by atoms with E-state index >= 15 is 0 Å². The quantitative estimate of drug-likeness (QED) is 0.0682. The summed E-state index contributed by atoms with van der Waals surface area (Å²) >= 11 is 0. The van der Waals surface area contributed by atoms with Gasteiger partial charge in [-0.05, 0) is 42.2 Å². The fraction of sp³-hybridized carbons (Fsp3) is 0.722. The van der Waals surface area contributed by atoms with Crippen LogP contribution in [0.15, 0.2) is 35.4 Å². The van der Waals surface area contributed by atoms with Crippen molar-refractivity contribution in [2.45, 2.75) is 110 Å². The first-order chi connectivity index (χ1) is 25.0. The van der Waals surface area contributed by atoms with Crippen LogP contribution in [-0.2, 0) is 45.1 Å². The molecule has 0 bridgehead atoms. The number of hydrogen-bond donors (Lipinski definition) is 3. The molecule has 1 aliphatic rings. The maximum absolute atomic E-state index is 14.0. The monoisotopic (exact) mass is 764 g/mol. The van der Waals surface area contributed by atoms with Crippen LogP contribution in [0.3, 0.4) is 0 Å². The van der Waals surface area contributed by atoms with Crippen LogP contribution >= 0.6 is 0 Å².